The van der Waals surface area contributed by atoms with E-state index in [9.17, 15) is 19.2 Å². The van der Waals surface area contributed by atoms with Crippen molar-refractivity contribution in [1.82, 2.24) is 16.0 Å². The fourth-order valence-corrected chi connectivity index (χ4v) is 3.68. The second-order valence-electron chi connectivity index (χ2n) is 7.55. The third-order valence-corrected chi connectivity index (χ3v) is 5.90. The van der Waals surface area contributed by atoms with Crippen LogP contribution in [0.3, 0.4) is 0 Å². The highest BCUT2D eigenvalue weighted by atomic mass is 79.9. The molecule has 198 valence electrons. The van der Waals surface area contributed by atoms with Gasteiger partial charge in [-0.05, 0) is 41.1 Å². The van der Waals surface area contributed by atoms with Crippen molar-refractivity contribution in [1.29, 1.82) is 0 Å². The van der Waals surface area contributed by atoms with Crippen molar-refractivity contribution in [2.45, 2.75) is 37.7 Å². The predicted octanol–water partition coefficient (Wildman–Crippen LogP) is 2.18. The van der Waals surface area contributed by atoms with E-state index in [-0.39, 0.29) is 36.8 Å². The van der Waals surface area contributed by atoms with Gasteiger partial charge in [0.15, 0.2) is 12.2 Å². The summed E-state index contributed by atoms with van der Waals surface area (Å²) in [7, 11) is 0. The Hall–Kier alpha value is -2.70. The average molecular weight is 610 g/mol. The Morgan fingerprint density at radius 1 is 1.08 bits per heavy atom. The van der Waals surface area contributed by atoms with Crippen molar-refractivity contribution in [2.24, 2.45) is 5.73 Å². The first-order valence-corrected chi connectivity index (χ1v) is 12.7. The molecule has 1 aliphatic rings. The topological polar surface area (TPSA) is 158 Å². The van der Waals surface area contributed by atoms with Crippen LogP contribution in [-0.2, 0) is 19.1 Å². The van der Waals surface area contributed by atoms with E-state index in [1.165, 1.54) is 13.0 Å². The summed E-state index contributed by atoms with van der Waals surface area (Å²) < 4.78 is 17.7. The molecule has 14 heteroatoms. The van der Waals surface area contributed by atoms with E-state index >= 15 is 0 Å². The molecule has 1 aromatic carbocycles. The third kappa shape index (κ3) is 9.07. The Labute approximate surface area is 226 Å². The number of hydrogen-bond acceptors (Lipinski definition) is 7. The first kappa shape index (κ1) is 29.5. The molecule has 0 saturated heterocycles. The van der Waals surface area contributed by atoms with Crippen molar-refractivity contribution in [3.8, 4) is 5.75 Å². The molecule has 1 aliphatic carbocycles. The van der Waals surface area contributed by atoms with Gasteiger partial charge in [0.25, 0.3) is 0 Å². The van der Waals surface area contributed by atoms with Gasteiger partial charge in [-0.3, -0.25) is 9.59 Å². The lowest BCUT2D eigenvalue weighted by Crippen LogP contribution is -2.52. The molecular formula is C22H27BrCl2N4O7. The molecule has 0 radical (unpaired) electrons. The summed E-state index contributed by atoms with van der Waals surface area (Å²) in [5.41, 5.74) is 5.39. The molecule has 0 unspecified atom stereocenters. The van der Waals surface area contributed by atoms with E-state index in [4.69, 9.17) is 43.1 Å². The number of nitrogens with one attached hydrogen (secondary N) is 3. The summed E-state index contributed by atoms with van der Waals surface area (Å²) in [5.74, 6) is -0.675. The number of alkyl halides is 2. The maximum absolute atomic E-state index is 12.9. The number of carbonyl (C=O) groups excluding carboxylic acids is 4. The van der Waals surface area contributed by atoms with E-state index in [1.54, 1.807) is 24.3 Å². The zero-order valence-corrected chi connectivity index (χ0v) is 22.4. The molecule has 11 nitrogen and oxygen atoms in total. The van der Waals surface area contributed by atoms with E-state index in [2.05, 4.69) is 31.9 Å². The van der Waals surface area contributed by atoms with E-state index in [0.717, 1.165) is 0 Å². The summed E-state index contributed by atoms with van der Waals surface area (Å²) in [6.07, 6.45) is -3.70. The quantitative estimate of drug-likeness (QED) is 0.280. The summed E-state index contributed by atoms with van der Waals surface area (Å²) in [6, 6.07) is 5.95. The molecule has 4 atom stereocenters. The van der Waals surface area contributed by atoms with Crippen LogP contribution in [0.25, 0.3) is 0 Å². The molecule has 0 heterocycles. The maximum Gasteiger partial charge on any atom is 0.407 e. The van der Waals surface area contributed by atoms with Gasteiger partial charge in [0, 0.05) is 36.8 Å². The Morgan fingerprint density at radius 2 is 1.69 bits per heavy atom. The minimum Gasteiger partial charge on any atom is -0.481 e. The molecule has 0 aromatic heterocycles. The maximum atomic E-state index is 12.9. The third-order valence-electron chi connectivity index (χ3n) is 4.87. The van der Waals surface area contributed by atoms with Gasteiger partial charge in [0.05, 0.1) is 4.47 Å². The number of benzene rings is 1. The van der Waals surface area contributed by atoms with Crippen LogP contribution < -0.4 is 26.4 Å². The number of carbonyl (C=O) groups is 4. The van der Waals surface area contributed by atoms with Gasteiger partial charge >= 0.3 is 12.2 Å². The number of ether oxygens (including phenoxy) is 3. The van der Waals surface area contributed by atoms with Crippen LogP contribution in [0.2, 0.25) is 0 Å². The minimum atomic E-state index is -1.15. The normalized spacial score (nSPS) is 19.8. The number of rotatable bonds is 11. The molecule has 0 saturated carbocycles. The lowest BCUT2D eigenvalue weighted by Gasteiger charge is -2.36. The van der Waals surface area contributed by atoms with E-state index in [0.29, 0.717) is 10.2 Å². The fraction of sp³-hybridized carbons (Fsp3) is 0.455. The minimum absolute atomic E-state index is 0.130. The molecule has 0 bridgehead atoms. The molecule has 4 amide bonds. The van der Waals surface area contributed by atoms with Crippen LogP contribution in [0, 0.1) is 0 Å². The lowest BCUT2D eigenvalue weighted by molar-refractivity contribution is -0.125. The predicted molar refractivity (Wildman–Crippen MR) is 136 cm³/mol. The molecule has 0 fully saturated rings. The number of amides is 4. The van der Waals surface area contributed by atoms with Gasteiger partial charge in [-0.15, -0.1) is 23.2 Å². The largest absolute Gasteiger partial charge is 0.481 e. The second kappa shape index (κ2) is 14.8. The summed E-state index contributed by atoms with van der Waals surface area (Å²) in [6.45, 7) is 1.70. The lowest BCUT2D eigenvalue weighted by atomic mass is 9.91. The SMILES string of the molecule is C[C@@H](NC(=O)C1=C[C@@H](Oc2ccccc2Br)[C@H](OC(=O)NCCCl)[C@H](OC(=O)NCCCl)C1)C(N)=O. The summed E-state index contributed by atoms with van der Waals surface area (Å²) in [5, 5.41) is 7.41. The van der Waals surface area contributed by atoms with Crippen molar-refractivity contribution in [2.75, 3.05) is 24.8 Å². The van der Waals surface area contributed by atoms with Crippen molar-refractivity contribution >= 4 is 63.1 Å². The Kier molecular flexibility index (Phi) is 12.1. The number of alkyl carbamates (subject to hydrolysis) is 2. The highest BCUT2D eigenvalue weighted by molar-refractivity contribution is 9.10. The van der Waals surface area contributed by atoms with Crippen molar-refractivity contribution in [3.63, 3.8) is 0 Å². The number of primary amides is 1. The average Bonchev–Trinajstić information content (AvgIpc) is 2.84. The molecule has 1 aromatic rings. The van der Waals surface area contributed by atoms with Crippen LogP contribution in [0.15, 0.2) is 40.4 Å². The number of hydrogen-bond donors (Lipinski definition) is 4. The van der Waals surface area contributed by atoms with Crippen LogP contribution in [0.5, 0.6) is 5.75 Å². The van der Waals surface area contributed by atoms with E-state index < -0.39 is 48.4 Å². The molecule has 5 N–H and O–H groups in total. The molecular weight excluding hydrogens is 583 g/mol. The monoisotopic (exact) mass is 608 g/mol. The highest BCUT2D eigenvalue weighted by Crippen LogP contribution is 2.31. The first-order valence-electron chi connectivity index (χ1n) is 10.9. The summed E-state index contributed by atoms with van der Waals surface area (Å²) >= 11 is 14.6. The van der Waals surface area contributed by atoms with Gasteiger partial charge < -0.3 is 35.9 Å². The number of para-hydroxylation sites is 1. The first-order chi connectivity index (χ1) is 17.2. The standard InChI is InChI=1S/C22H27BrCl2N4O7/c1-12(19(26)30)29-20(31)13-10-16(34-15-5-3-2-4-14(15)23)18(36-22(33)28-9-7-25)17(11-13)35-21(32)27-8-6-24/h2-5,10,12,16-18H,6-9,11H2,1H3,(H2,26,30)(H,27,32)(H,28,33)(H,29,31)/t12-,16-,17-,18+/m1/s1. The Balaban J connectivity index is 2.42. The van der Waals surface area contributed by atoms with Crippen molar-refractivity contribution < 1.29 is 33.4 Å². The van der Waals surface area contributed by atoms with Gasteiger partial charge in [-0.2, -0.15) is 0 Å². The molecule has 0 spiro atoms. The van der Waals surface area contributed by atoms with Gasteiger partial charge in [0.1, 0.15) is 17.9 Å². The zero-order valence-electron chi connectivity index (χ0n) is 19.3. The van der Waals surface area contributed by atoms with Gasteiger partial charge in [-0.1, -0.05) is 12.1 Å². The Bertz CT molecular complexity index is 981. The second-order valence-corrected chi connectivity index (χ2v) is 9.16. The smallest absolute Gasteiger partial charge is 0.407 e. The van der Waals surface area contributed by atoms with Crippen molar-refractivity contribution in [3.05, 3.63) is 40.4 Å². The van der Waals surface area contributed by atoms with Crippen LogP contribution in [-0.4, -0.2) is 73.2 Å². The van der Waals surface area contributed by atoms with Crippen LogP contribution >= 0.6 is 39.1 Å². The summed E-state index contributed by atoms with van der Waals surface area (Å²) in [4.78, 5) is 49.1. The fourth-order valence-electron chi connectivity index (χ4n) is 3.12. The Morgan fingerprint density at radius 3 is 2.28 bits per heavy atom. The van der Waals surface area contributed by atoms with Crippen LogP contribution in [0.4, 0.5) is 9.59 Å². The van der Waals surface area contributed by atoms with Gasteiger partial charge in [-0.25, -0.2) is 9.59 Å². The number of halogens is 3. The molecule has 2 rings (SSSR count). The van der Waals surface area contributed by atoms with Gasteiger partial charge in [0.2, 0.25) is 11.8 Å². The highest BCUT2D eigenvalue weighted by Gasteiger charge is 2.42. The van der Waals surface area contributed by atoms with Crippen LogP contribution in [0.1, 0.15) is 13.3 Å². The number of nitrogens with two attached hydrogens (primary N) is 1. The molecule has 36 heavy (non-hydrogen) atoms. The zero-order chi connectivity index (χ0) is 26.7. The van der Waals surface area contributed by atoms with E-state index in [1.807, 2.05) is 0 Å². The molecule has 0 aliphatic heterocycles.